The van der Waals surface area contributed by atoms with Gasteiger partial charge in [0.15, 0.2) is 0 Å². The molecule has 0 aliphatic rings. The molecule has 0 aromatic heterocycles. The van der Waals surface area contributed by atoms with E-state index in [1.54, 1.807) is 12.1 Å². The molecule has 2 aromatic rings. The van der Waals surface area contributed by atoms with E-state index >= 15 is 0 Å². The summed E-state index contributed by atoms with van der Waals surface area (Å²) >= 11 is 3.13. The van der Waals surface area contributed by atoms with Crippen LogP contribution in [0.3, 0.4) is 0 Å². The molecule has 5 heteroatoms. The van der Waals surface area contributed by atoms with Crippen molar-refractivity contribution in [1.82, 2.24) is 5.32 Å². The molecule has 1 nitrogen and oxygen atoms in total. The van der Waals surface area contributed by atoms with Crippen LogP contribution in [0.25, 0.3) is 0 Å². The summed E-state index contributed by atoms with van der Waals surface area (Å²) in [4.78, 5) is 0. The van der Waals surface area contributed by atoms with Gasteiger partial charge in [-0.1, -0.05) is 12.1 Å². The maximum atomic E-state index is 13.5. The summed E-state index contributed by atoms with van der Waals surface area (Å²) in [6.45, 7) is 2.16. The lowest BCUT2D eigenvalue weighted by Crippen LogP contribution is -2.19. The Balaban J connectivity index is 2.04. The normalized spacial score (nSPS) is 12.4. The second-order valence-electron chi connectivity index (χ2n) is 4.51. The minimum absolute atomic E-state index is 0.0867. The number of nitrogens with one attached hydrogen (secondary N) is 1. The summed E-state index contributed by atoms with van der Waals surface area (Å²) in [6.07, 6.45) is 0. The van der Waals surface area contributed by atoms with Crippen LogP contribution in [0.15, 0.2) is 40.9 Å². The lowest BCUT2D eigenvalue weighted by molar-refractivity contribution is 0.532. The molecular weight excluding hydrogens is 331 g/mol. The topological polar surface area (TPSA) is 12.0 Å². The molecule has 0 fully saturated rings. The van der Waals surface area contributed by atoms with Gasteiger partial charge in [-0.25, -0.2) is 13.2 Å². The van der Waals surface area contributed by atoms with Crippen molar-refractivity contribution in [3.8, 4) is 0 Å². The van der Waals surface area contributed by atoms with Crippen LogP contribution in [-0.4, -0.2) is 0 Å². The van der Waals surface area contributed by atoms with Gasteiger partial charge >= 0.3 is 0 Å². The first-order valence-corrected chi connectivity index (χ1v) is 6.89. The fourth-order valence-electron chi connectivity index (χ4n) is 1.83. The first kappa shape index (κ1) is 15.1. The molecule has 2 aromatic carbocycles. The first-order chi connectivity index (χ1) is 9.47. The third-order valence-electron chi connectivity index (χ3n) is 3.06. The number of halogens is 4. The van der Waals surface area contributed by atoms with Gasteiger partial charge in [0.1, 0.15) is 17.5 Å². The molecule has 1 unspecified atom stereocenters. The molecule has 0 aliphatic heterocycles. The lowest BCUT2D eigenvalue weighted by atomic mass is 10.1. The SMILES string of the molecule is CC(NCc1ccc(F)cc1F)c1ccc(F)c(Br)c1. The fourth-order valence-corrected chi connectivity index (χ4v) is 2.22. The van der Waals surface area contributed by atoms with Gasteiger partial charge < -0.3 is 5.32 Å². The van der Waals surface area contributed by atoms with Gasteiger partial charge in [-0.05, 0) is 46.6 Å². The van der Waals surface area contributed by atoms with Gasteiger partial charge in [0.25, 0.3) is 0 Å². The molecule has 1 atom stereocenters. The molecule has 20 heavy (non-hydrogen) atoms. The smallest absolute Gasteiger partial charge is 0.137 e. The zero-order valence-corrected chi connectivity index (χ0v) is 12.3. The zero-order valence-electron chi connectivity index (χ0n) is 10.8. The van der Waals surface area contributed by atoms with E-state index in [9.17, 15) is 13.2 Å². The van der Waals surface area contributed by atoms with E-state index in [2.05, 4.69) is 21.2 Å². The quantitative estimate of drug-likeness (QED) is 0.847. The zero-order chi connectivity index (χ0) is 14.7. The van der Waals surface area contributed by atoms with Crippen molar-refractivity contribution >= 4 is 15.9 Å². The predicted molar refractivity (Wildman–Crippen MR) is 75.7 cm³/mol. The van der Waals surface area contributed by atoms with E-state index in [0.29, 0.717) is 10.0 Å². The van der Waals surface area contributed by atoms with Gasteiger partial charge in [-0.3, -0.25) is 0 Å². The third kappa shape index (κ3) is 3.61. The highest BCUT2D eigenvalue weighted by atomic mass is 79.9. The molecule has 0 saturated heterocycles. The molecular formula is C15H13BrF3N. The molecule has 0 amide bonds. The molecule has 0 spiro atoms. The van der Waals surface area contributed by atoms with E-state index < -0.39 is 11.6 Å². The summed E-state index contributed by atoms with van der Waals surface area (Å²) in [5, 5.41) is 3.12. The maximum absolute atomic E-state index is 13.5. The van der Waals surface area contributed by atoms with Gasteiger partial charge in [-0.15, -0.1) is 0 Å². The summed E-state index contributed by atoms with van der Waals surface area (Å²) < 4.78 is 39.8. The Morgan fingerprint density at radius 3 is 2.45 bits per heavy atom. The standard InChI is InChI=1S/C15H13BrF3N/c1-9(10-3-5-14(18)13(16)6-10)20-8-11-2-4-12(17)7-15(11)19/h2-7,9,20H,8H2,1H3. The van der Waals surface area contributed by atoms with E-state index in [0.717, 1.165) is 11.6 Å². The highest BCUT2D eigenvalue weighted by Gasteiger charge is 2.09. The highest BCUT2D eigenvalue weighted by Crippen LogP contribution is 2.21. The van der Waals surface area contributed by atoms with Crippen molar-refractivity contribution in [3.63, 3.8) is 0 Å². The van der Waals surface area contributed by atoms with Crippen LogP contribution in [0.5, 0.6) is 0 Å². The Bertz CT molecular complexity index is 616. The van der Waals surface area contributed by atoms with Crippen molar-refractivity contribution in [2.24, 2.45) is 0 Å². The molecule has 0 heterocycles. The Morgan fingerprint density at radius 1 is 1.05 bits per heavy atom. The molecule has 0 saturated carbocycles. The van der Waals surface area contributed by atoms with E-state index in [-0.39, 0.29) is 18.4 Å². The third-order valence-corrected chi connectivity index (χ3v) is 3.67. The lowest BCUT2D eigenvalue weighted by Gasteiger charge is -2.15. The van der Waals surface area contributed by atoms with Gasteiger partial charge in [0, 0.05) is 24.2 Å². The van der Waals surface area contributed by atoms with Crippen LogP contribution in [0.2, 0.25) is 0 Å². The largest absolute Gasteiger partial charge is 0.306 e. The van der Waals surface area contributed by atoms with Crippen molar-refractivity contribution in [3.05, 3.63) is 69.4 Å². The van der Waals surface area contributed by atoms with E-state index in [1.165, 1.54) is 18.2 Å². The van der Waals surface area contributed by atoms with Crippen LogP contribution in [-0.2, 0) is 6.54 Å². The molecule has 106 valence electrons. The van der Waals surface area contributed by atoms with Crippen LogP contribution >= 0.6 is 15.9 Å². The Kier molecular flexibility index (Phi) is 4.83. The molecule has 1 N–H and O–H groups in total. The minimum Gasteiger partial charge on any atom is -0.306 e. The van der Waals surface area contributed by atoms with Crippen molar-refractivity contribution in [2.75, 3.05) is 0 Å². The van der Waals surface area contributed by atoms with Crippen molar-refractivity contribution in [1.29, 1.82) is 0 Å². The highest BCUT2D eigenvalue weighted by molar-refractivity contribution is 9.10. The van der Waals surface area contributed by atoms with Crippen LogP contribution in [0.4, 0.5) is 13.2 Å². The molecule has 0 radical (unpaired) electrons. The second-order valence-corrected chi connectivity index (χ2v) is 5.37. The molecule has 2 rings (SSSR count). The van der Waals surface area contributed by atoms with Crippen molar-refractivity contribution < 1.29 is 13.2 Å². The Morgan fingerprint density at radius 2 is 1.80 bits per heavy atom. The van der Waals surface area contributed by atoms with Gasteiger partial charge in [0.2, 0.25) is 0 Å². The Labute approximate surface area is 123 Å². The number of hydrogen-bond acceptors (Lipinski definition) is 1. The second kappa shape index (κ2) is 6.41. The summed E-state index contributed by atoms with van der Waals surface area (Å²) in [5.74, 6) is -1.50. The van der Waals surface area contributed by atoms with Gasteiger partial charge in [0.05, 0.1) is 4.47 Å². The summed E-state index contributed by atoms with van der Waals surface area (Å²) in [7, 11) is 0. The first-order valence-electron chi connectivity index (χ1n) is 6.09. The summed E-state index contributed by atoms with van der Waals surface area (Å²) in [6, 6.07) is 8.11. The average molecular weight is 344 g/mol. The van der Waals surface area contributed by atoms with Gasteiger partial charge in [-0.2, -0.15) is 0 Å². The van der Waals surface area contributed by atoms with Crippen LogP contribution in [0, 0.1) is 17.5 Å². The monoisotopic (exact) mass is 343 g/mol. The number of hydrogen-bond donors (Lipinski definition) is 1. The van der Waals surface area contributed by atoms with E-state index in [4.69, 9.17) is 0 Å². The fraction of sp³-hybridized carbons (Fsp3) is 0.200. The average Bonchev–Trinajstić information content (AvgIpc) is 2.40. The summed E-state index contributed by atoms with van der Waals surface area (Å²) in [5.41, 5.74) is 1.26. The Hall–Kier alpha value is -1.33. The van der Waals surface area contributed by atoms with Crippen molar-refractivity contribution in [2.45, 2.75) is 19.5 Å². The number of benzene rings is 2. The number of rotatable bonds is 4. The molecule has 0 aliphatic carbocycles. The molecule has 0 bridgehead atoms. The predicted octanol–water partition coefficient (Wildman–Crippen LogP) is 4.72. The van der Waals surface area contributed by atoms with E-state index in [1.807, 2.05) is 6.92 Å². The van der Waals surface area contributed by atoms with Crippen LogP contribution in [0.1, 0.15) is 24.1 Å². The maximum Gasteiger partial charge on any atom is 0.137 e. The van der Waals surface area contributed by atoms with Crippen LogP contribution < -0.4 is 5.32 Å². The minimum atomic E-state index is -0.596.